The molecule has 1 heterocycles. The molecule has 4 heteroatoms. The normalized spacial score (nSPS) is 19.5. The molecule has 0 bridgehead atoms. The van der Waals surface area contributed by atoms with Crippen LogP contribution in [-0.4, -0.2) is 17.4 Å². The third-order valence-electron chi connectivity index (χ3n) is 4.25. The molecule has 0 radical (unpaired) electrons. The van der Waals surface area contributed by atoms with Gasteiger partial charge in [-0.1, -0.05) is 13.8 Å². The van der Waals surface area contributed by atoms with Gasteiger partial charge in [0.05, 0.1) is 11.6 Å². The van der Waals surface area contributed by atoms with E-state index in [9.17, 15) is 9.18 Å². The molecule has 1 aromatic carbocycles. The van der Waals surface area contributed by atoms with Crippen molar-refractivity contribution in [2.75, 3.05) is 6.54 Å². The molecule has 112 valence electrons. The van der Waals surface area contributed by atoms with Crippen molar-refractivity contribution in [1.29, 1.82) is 5.26 Å². The zero-order valence-corrected chi connectivity index (χ0v) is 12.6. The van der Waals surface area contributed by atoms with Gasteiger partial charge in [0, 0.05) is 19.5 Å². The first-order valence-corrected chi connectivity index (χ1v) is 7.47. The molecule has 0 N–H and O–H groups in total. The molecule has 0 aliphatic carbocycles. The summed E-state index contributed by atoms with van der Waals surface area (Å²) in [5, 5.41) is 8.89. The minimum Gasteiger partial charge on any atom is -0.338 e. The quantitative estimate of drug-likeness (QED) is 0.854. The summed E-state index contributed by atoms with van der Waals surface area (Å²) < 4.78 is 13.5. The van der Waals surface area contributed by atoms with Crippen molar-refractivity contribution >= 4 is 5.91 Å². The molecule has 2 rings (SSSR count). The maximum absolute atomic E-state index is 13.5. The first-order valence-electron chi connectivity index (χ1n) is 7.47. The highest BCUT2D eigenvalue weighted by Gasteiger charge is 2.24. The van der Waals surface area contributed by atoms with E-state index >= 15 is 0 Å². The van der Waals surface area contributed by atoms with E-state index < -0.39 is 5.82 Å². The number of benzene rings is 1. The molecule has 3 nitrogen and oxygen atoms in total. The molecule has 1 fully saturated rings. The zero-order chi connectivity index (χ0) is 15.4. The Balaban J connectivity index is 2.10. The van der Waals surface area contributed by atoms with Crippen LogP contribution in [0.25, 0.3) is 0 Å². The molecular formula is C17H21FN2O. The number of amides is 1. The fourth-order valence-corrected chi connectivity index (χ4v) is 2.92. The van der Waals surface area contributed by atoms with E-state index in [0.29, 0.717) is 42.5 Å². The van der Waals surface area contributed by atoms with Crippen molar-refractivity contribution in [2.24, 2.45) is 11.8 Å². The standard InChI is InChI=1S/C17H21FN2O/c1-12(2)15-3-4-17(21)20(6-5-15)11-14-7-13(10-19)8-16(18)9-14/h7-9,12,15H,3-6,11H2,1-2H3. The number of nitrogens with zero attached hydrogens (tertiary/aromatic N) is 2. The molecule has 1 unspecified atom stereocenters. The number of hydrogen-bond acceptors (Lipinski definition) is 2. The Kier molecular flexibility index (Phi) is 4.95. The summed E-state index contributed by atoms with van der Waals surface area (Å²) in [6, 6.07) is 6.21. The Labute approximate surface area is 125 Å². The van der Waals surface area contributed by atoms with Crippen molar-refractivity contribution < 1.29 is 9.18 Å². The smallest absolute Gasteiger partial charge is 0.222 e. The van der Waals surface area contributed by atoms with E-state index in [0.717, 1.165) is 12.8 Å². The second-order valence-electron chi connectivity index (χ2n) is 6.11. The van der Waals surface area contributed by atoms with Gasteiger partial charge in [0.2, 0.25) is 5.91 Å². The van der Waals surface area contributed by atoms with Gasteiger partial charge in [0.1, 0.15) is 5.82 Å². The summed E-state index contributed by atoms with van der Waals surface area (Å²) in [4.78, 5) is 14.0. The van der Waals surface area contributed by atoms with Crippen LogP contribution in [0.1, 0.15) is 44.2 Å². The monoisotopic (exact) mass is 288 g/mol. The molecule has 0 aromatic heterocycles. The molecular weight excluding hydrogens is 267 g/mol. The fraction of sp³-hybridized carbons (Fsp3) is 0.529. The van der Waals surface area contributed by atoms with E-state index in [1.165, 1.54) is 12.1 Å². The van der Waals surface area contributed by atoms with Gasteiger partial charge in [-0.15, -0.1) is 0 Å². The SMILES string of the molecule is CC(C)C1CCC(=O)N(Cc2cc(F)cc(C#N)c2)CC1. The second kappa shape index (κ2) is 6.71. The summed E-state index contributed by atoms with van der Waals surface area (Å²) in [6.45, 7) is 5.48. The first kappa shape index (κ1) is 15.5. The Hall–Kier alpha value is -1.89. The van der Waals surface area contributed by atoms with E-state index in [1.807, 2.05) is 6.07 Å². The Bertz CT molecular complexity index is 562. The van der Waals surface area contributed by atoms with Crippen molar-refractivity contribution in [3.05, 3.63) is 35.1 Å². The highest BCUT2D eigenvalue weighted by Crippen LogP contribution is 2.26. The third kappa shape index (κ3) is 4.04. The lowest BCUT2D eigenvalue weighted by Crippen LogP contribution is -2.30. The average Bonchev–Trinajstić information content (AvgIpc) is 2.61. The lowest BCUT2D eigenvalue weighted by Gasteiger charge is -2.22. The third-order valence-corrected chi connectivity index (χ3v) is 4.25. The highest BCUT2D eigenvalue weighted by atomic mass is 19.1. The molecule has 1 aliphatic rings. The van der Waals surface area contributed by atoms with Crippen LogP contribution in [0.4, 0.5) is 4.39 Å². The predicted octanol–water partition coefficient (Wildman–Crippen LogP) is 3.48. The Morgan fingerprint density at radius 3 is 2.81 bits per heavy atom. The molecule has 0 spiro atoms. The van der Waals surface area contributed by atoms with Crippen LogP contribution in [0.2, 0.25) is 0 Å². The van der Waals surface area contributed by atoms with Gasteiger partial charge in [-0.2, -0.15) is 5.26 Å². The van der Waals surface area contributed by atoms with E-state index in [2.05, 4.69) is 13.8 Å². The van der Waals surface area contributed by atoms with Gasteiger partial charge in [-0.05, 0) is 48.4 Å². The molecule has 21 heavy (non-hydrogen) atoms. The van der Waals surface area contributed by atoms with E-state index in [-0.39, 0.29) is 5.91 Å². The number of carbonyl (C=O) groups excluding carboxylic acids is 1. The van der Waals surface area contributed by atoms with Crippen LogP contribution in [0, 0.1) is 29.0 Å². The molecule has 0 saturated carbocycles. The van der Waals surface area contributed by atoms with Crippen molar-refractivity contribution in [2.45, 2.75) is 39.7 Å². The Morgan fingerprint density at radius 2 is 2.14 bits per heavy atom. The lowest BCUT2D eigenvalue weighted by molar-refractivity contribution is -0.131. The van der Waals surface area contributed by atoms with E-state index in [4.69, 9.17) is 5.26 Å². The molecule has 1 saturated heterocycles. The van der Waals surface area contributed by atoms with Crippen molar-refractivity contribution in [3.63, 3.8) is 0 Å². The predicted molar refractivity (Wildman–Crippen MR) is 78.7 cm³/mol. The number of halogens is 1. The number of likely N-dealkylation sites (tertiary alicyclic amines) is 1. The van der Waals surface area contributed by atoms with Crippen molar-refractivity contribution in [3.8, 4) is 6.07 Å². The maximum Gasteiger partial charge on any atom is 0.222 e. The van der Waals surface area contributed by atoms with Crippen LogP contribution >= 0.6 is 0 Å². The zero-order valence-electron chi connectivity index (χ0n) is 12.6. The van der Waals surface area contributed by atoms with Crippen molar-refractivity contribution in [1.82, 2.24) is 4.90 Å². The van der Waals surface area contributed by atoms with Gasteiger partial charge in [0.25, 0.3) is 0 Å². The summed E-state index contributed by atoms with van der Waals surface area (Å²) in [5.41, 5.74) is 0.982. The van der Waals surface area contributed by atoms with Gasteiger partial charge in [-0.3, -0.25) is 4.79 Å². The van der Waals surface area contributed by atoms with Gasteiger partial charge < -0.3 is 4.90 Å². The van der Waals surface area contributed by atoms with Crippen LogP contribution < -0.4 is 0 Å². The summed E-state index contributed by atoms with van der Waals surface area (Å²) in [6.07, 6.45) is 2.48. The summed E-state index contributed by atoms with van der Waals surface area (Å²) in [7, 11) is 0. The first-order chi connectivity index (χ1) is 9.99. The van der Waals surface area contributed by atoms with Crippen LogP contribution in [0.5, 0.6) is 0 Å². The molecule has 1 amide bonds. The van der Waals surface area contributed by atoms with Crippen LogP contribution in [0.3, 0.4) is 0 Å². The highest BCUT2D eigenvalue weighted by molar-refractivity contribution is 5.76. The second-order valence-corrected chi connectivity index (χ2v) is 6.11. The number of hydrogen-bond donors (Lipinski definition) is 0. The lowest BCUT2D eigenvalue weighted by atomic mass is 9.89. The number of rotatable bonds is 3. The fourth-order valence-electron chi connectivity index (χ4n) is 2.92. The van der Waals surface area contributed by atoms with Gasteiger partial charge >= 0.3 is 0 Å². The van der Waals surface area contributed by atoms with Gasteiger partial charge in [0.15, 0.2) is 0 Å². The Morgan fingerprint density at radius 1 is 1.38 bits per heavy atom. The minimum absolute atomic E-state index is 0.126. The molecule has 1 atom stereocenters. The topological polar surface area (TPSA) is 44.1 Å². The minimum atomic E-state index is -0.425. The summed E-state index contributed by atoms with van der Waals surface area (Å²) in [5.74, 6) is 0.852. The molecule has 1 aromatic rings. The van der Waals surface area contributed by atoms with E-state index in [1.54, 1.807) is 11.0 Å². The van der Waals surface area contributed by atoms with Crippen LogP contribution in [-0.2, 0) is 11.3 Å². The molecule has 1 aliphatic heterocycles. The number of nitriles is 1. The maximum atomic E-state index is 13.5. The van der Waals surface area contributed by atoms with Crippen LogP contribution in [0.15, 0.2) is 18.2 Å². The number of carbonyl (C=O) groups is 1. The summed E-state index contributed by atoms with van der Waals surface area (Å²) >= 11 is 0. The largest absolute Gasteiger partial charge is 0.338 e. The van der Waals surface area contributed by atoms with Gasteiger partial charge in [-0.25, -0.2) is 4.39 Å². The average molecular weight is 288 g/mol.